The minimum Gasteiger partial charge on any atom is -0.490 e. The van der Waals surface area contributed by atoms with Crippen LogP contribution in [0.1, 0.15) is 23.2 Å². The Kier molecular flexibility index (Phi) is 7.33. The van der Waals surface area contributed by atoms with Crippen molar-refractivity contribution < 1.29 is 37.3 Å². The van der Waals surface area contributed by atoms with Gasteiger partial charge in [-0.2, -0.15) is 0 Å². The molecule has 7 nitrogen and oxygen atoms in total. The van der Waals surface area contributed by atoms with E-state index in [0.717, 1.165) is 0 Å². The lowest BCUT2D eigenvalue weighted by molar-refractivity contribution is -0.274. The van der Waals surface area contributed by atoms with Crippen LogP contribution in [0, 0.1) is 0 Å². The van der Waals surface area contributed by atoms with Crippen LogP contribution in [-0.2, 0) is 0 Å². The van der Waals surface area contributed by atoms with E-state index in [0.29, 0.717) is 54.1 Å². The molecule has 0 radical (unpaired) electrons. The summed E-state index contributed by atoms with van der Waals surface area (Å²) < 4.78 is 47.2. The number of piperidine rings is 1. The van der Waals surface area contributed by atoms with E-state index in [-0.39, 0.29) is 11.9 Å². The van der Waals surface area contributed by atoms with Crippen molar-refractivity contribution >= 4 is 17.7 Å². The molecule has 0 saturated carbocycles. The van der Waals surface area contributed by atoms with Gasteiger partial charge in [-0.05, 0) is 41.5 Å². The first-order chi connectivity index (χ1) is 17.2. The molecule has 2 amide bonds. The van der Waals surface area contributed by atoms with Gasteiger partial charge in [0.2, 0.25) is 0 Å². The minimum absolute atomic E-state index is 0.128. The molecule has 188 valence electrons. The first kappa shape index (κ1) is 24.9. The molecule has 1 aliphatic rings. The minimum atomic E-state index is -4.78. The standard InChI is InChI=1S/C26H23F3N2O5/c27-26(28,29)36-20-10-8-17(9-11-20)22-6-1-2-7-23(22)24(32)30-18-4-3-5-21(16-18)35-19-12-14-31(15-13-19)25(33)34/h1-11,16,19H,12-15H2,(H,30,32)(H,33,34). The summed E-state index contributed by atoms with van der Waals surface area (Å²) in [5.41, 5.74) is 1.95. The number of rotatable bonds is 6. The highest BCUT2D eigenvalue weighted by molar-refractivity contribution is 6.08. The topological polar surface area (TPSA) is 88.1 Å². The third-order valence-corrected chi connectivity index (χ3v) is 5.68. The normalized spacial score (nSPS) is 14.2. The zero-order valence-electron chi connectivity index (χ0n) is 19.0. The number of nitrogens with one attached hydrogen (secondary N) is 1. The molecule has 1 heterocycles. The van der Waals surface area contributed by atoms with E-state index in [4.69, 9.17) is 9.84 Å². The lowest BCUT2D eigenvalue weighted by Gasteiger charge is -2.30. The number of alkyl halides is 3. The van der Waals surface area contributed by atoms with Gasteiger partial charge in [-0.25, -0.2) is 4.79 Å². The maximum atomic E-state index is 13.1. The highest BCUT2D eigenvalue weighted by Gasteiger charge is 2.31. The number of carbonyl (C=O) groups excluding carboxylic acids is 1. The summed E-state index contributed by atoms with van der Waals surface area (Å²) in [6.45, 7) is 0.799. The molecular weight excluding hydrogens is 477 g/mol. The fraction of sp³-hybridized carbons (Fsp3) is 0.231. The first-order valence-corrected chi connectivity index (χ1v) is 11.2. The molecule has 0 bridgehead atoms. The summed E-state index contributed by atoms with van der Waals surface area (Å²) in [5.74, 6) is -0.193. The number of likely N-dealkylation sites (tertiary alicyclic amines) is 1. The second-order valence-corrected chi connectivity index (χ2v) is 8.19. The Morgan fingerprint density at radius 3 is 2.28 bits per heavy atom. The van der Waals surface area contributed by atoms with Crippen molar-refractivity contribution in [3.8, 4) is 22.6 Å². The smallest absolute Gasteiger partial charge is 0.490 e. The van der Waals surface area contributed by atoms with E-state index in [9.17, 15) is 22.8 Å². The number of carbonyl (C=O) groups is 2. The summed E-state index contributed by atoms with van der Waals surface area (Å²) >= 11 is 0. The van der Waals surface area contributed by atoms with Gasteiger partial charge in [0.05, 0.1) is 0 Å². The molecule has 0 unspecified atom stereocenters. The van der Waals surface area contributed by atoms with E-state index in [2.05, 4.69) is 10.1 Å². The quantitative estimate of drug-likeness (QED) is 0.432. The van der Waals surface area contributed by atoms with Crippen LogP contribution in [-0.4, -0.2) is 47.6 Å². The number of ether oxygens (including phenoxy) is 2. The van der Waals surface area contributed by atoms with Crippen molar-refractivity contribution in [2.24, 2.45) is 0 Å². The average Bonchev–Trinajstić information content (AvgIpc) is 2.84. The van der Waals surface area contributed by atoms with Crippen LogP contribution in [0.3, 0.4) is 0 Å². The Balaban J connectivity index is 1.44. The molecule has 3 aromatic rings. The average molecular weight is 500 g/mol. The largest absolute Gasteiger partial charge is 0.573 e. The number of benzene rings is 3. The maximum absolute atomic E-state index is 13.1. The first-order valence-electron chi connectivity index (χ1n) is 11.2. The maximum Gasteiger partial charge on any atom is 0.573 e. The van der Waals surface area contributed by atoms with Gasteiger partial charge in [-0.1, -0.05) is 36.4 Å². The van der Waals surface area contributed by atoms with Crippen LogP contribution in [0.2, 0.25) is 0 Å². The Bertz CT molecular complexity index is 1220. The predicted octanol–water partition coefficient (Wildman–Crippen LogP) is 6.03. The second-order valence-electron chi connectivity index (χ2n) is 8.19. The van der Waals surface area contributed by atoms with Gasteiger partial charge in [0.15, 0.2) is 0 Å². The Morgan fingerprint density at radius 2 is 1.61 bits per heavy atom. The van der Waals surface area contributed by atoms with Crippen LogP contribution < -0.4 is 14.8 Å². The number of hydrogen-bond acceptors (Lipinski definition) is 4. The molecule has 36 heavy (non-hydrogen) atoms. The zero-order valence-corrected chi connectivity index (χ0v) is 19.0. The molecule has 4 rings (SSSR count). The van der Waals surface area contributed by atoms with Crippen molar-refractivity contribution in [1.82, 2.24) is 4.90 Å². The predicted molar refractivity (Wildman–Crippen MR) is 126 cm³/mol. The van der Waals surface area contributed by atoms with Crippen molar-refractivity contribution in [2.75, 3.05) is 18.4 Å². The second kappa shape index (κ2) is 10.6. The fourth-order valence-corrected chi connectivity index (χ4v) is 3.97. The molecule has 0 atom stereocenters. The van der Waals surface area contributed by atoms with E-state index in [1.165, 1.54) is 29.2 Å². The molecule has 2 N–H and O–H groups in total. The van der Waals surface area contributed by atoms with E-state index >= 15 is 0 Å². The third-order valence-electron chi connectivity index (χ3n) is 5.68. The third kappa shape index (κ3) is 6.47. The highest BCUT2D eigenvalue weighted by Crippen LogP contribution is 2.29. The van der Waals surface area contributed by atoms with Gasteiger partial charge < -0.3 is 24.8 Å². The van der Waals surface area contributed by atoms with Crippen LogP contribution in [0.15, 0.2) is 72.8 Å². The van der Waals surface area contributed by atoms with E-state index in [1.807, 2.05) is 0 Å². The van der Waals surface area contributed by atoms with Crippen LogP contribution in [0.4, 0.5) is 23.7 Å². The number of hydrogen-bond donors (Lipinski definition) is 2. The van der Waals surface area contributed by atoms with Gasteiger partial charge >= 0.3 is 12.5 Å². The molecular formula is C26H23F3N2O5. The number of carboxylic acid groups (broad SMARTS) is 1. The molecule has 0 aromatic heterocycles. The number of halogens is 3. The van der Waals surface area contributed by atoms with Crippen molar-refractivity contribution in [1.29, 1.82) is 0 Å². The lowest BCUT2D eigenvalue weighted by Crippen LogP contribution is -2.41. The van der Waals surface area contributed by atoms with Crippen LogP contribution in [0.25, 0.3) is 11.1 Å². The molecule has 0 aliphatic carbocycles. The van der Waals surface area contributed by atoms with Gasteiger partial charge in [-0.3, -0.25) is 4.79 Å². The van der Waals surface area contributed by atoms with Gasteiger partial charge in [0.1, 0.15) is 17.6 Å². The van der Waals surface area contributed by atoms with Crippen molar-refractivity contribution in [3.05, 3.63) is 78.4 Å². The molecule has 1 aliphatic heterocycles. The summed E-state index contributed by atoms with van der Waals surface area (Å²) in [5, 5.41) is 11.9. The summed E-state index contributed by atoms with van der Waals surface area (Å²) in [7, 11) is 0. The molecule has 1 saturated heterocycles. The van der Waals surface area contributed by atoms with Gasteiger partial charge in [-0.15, -0.1) is 13.2 Å². The SMILES string of the molecule is O=C(Nc1cccc(OC2CCN(C(=O)O)CC2)c1)c1ccccc1-c1ccc(OC(F)(F)F)cc1. The highest BCUT2D eigenvalue weighted by atomic mass is 19.4. The lowest BCUT2D eigenvalue weighted by atomic mass is 9.99. The monoisotopic (exact) mass is 500 g/mol. The summed E-state index contributed by atoms with van der Waals surface area (Å²) in [6.07, 6.45) is -4.71. The van der Waals surface area contributed by atoms with Crippen molar-refractivity contribution in [2.45, 2.75) is 25.3 Å². The van der Waals surface area contributed by atoms with Gasteiger partial charge in [0.25, 0.3) is 5.91 Å². The molecule has 1 fully saturated rings. The zero-order chi connectivity index (χ0) is 25.7. The van der Waals surface area contributed by atoms with Crippen molar-refractivity contribution in [3.63, 3.8) is 0 Å². The molecule has 0 spiro atoms. The van der Waals surface area contributed by atoms with Crippen LogP contribution >= 0.6 is 0 Å². The molecule has 3 aromatic carbocycles. The van der Waals surface area contributed by atoms with E-state index in [1.54, 1.807) is 48.5 Å². The number of anilines is 1. The molecule has 10 heteroatoms. The van der Waals surface area contributed by atoms with Crippen LogP contribution in [0.5, 0.6) is 11.5 Å². The van der Waals surface area contributed by atoms with Gasteiger partial charge in [0, 0.05) is 43.2 Å². The number of nitrogens with zero attached hydrogens (tertiary/aromatic N) is 1. The Morgan fingerprint density at radius 1 is 0.917 bits per heavy atom. The Labute approximate surface area is 205 Å². The summed E-state index contributed by atoms with van der Waals surface area (Å²) in [4.78, 5) is 25.5. The number of amides is 2. The Hall–Kier alpha value is -4.21. The fourth-order valence-electron chi connectivity index (χ4n) is 3.97. The summed E-state index contributed by atoms with van der Waals surface area (Å²) in [6, 6.07) is 19.0. The van der Waals surface area contributed by atoms with E-state index < -0.39 is 18.4 Å².